The largest absolute Gasteiger partial charge is 0.371 e. The quantitative estimate of drug-likeness (QED) is 0.816. The maximum absolute atomic E-state index is 5.50. The molecule has 0 aromatic carbocycles. The van der Waals surface area contributed by atoms with Gasteiger partial charge in [-0.05, 0) is 26.7 Å². The van der Waals surface area contributed by atoms with Crippen molar-refractivity contribution in [3.8, 4) is 0 Å². The fourth-order valence-corrected chi connectivity index (χ4v) is 2.31. The Morgan fingerprint density at radius 1 is 1.38 bits per heavy atom. The molecule has 1 aromatic rings. The summed E-state index contributed by atoms with van der Waals surface area (Å²) < 4.78 is 6.19. The molecule has 0 amide bonds. The van der Waals surface area contributed by atoms with Crippen LogP contribution in [0.3, 0.4) is 0 Å². The molecule has 90 valence electrons. The van der Waals surface area contributed by atoms with Crippen molar-refractivity contribution in [2.24, 2.45) is 0 Å². The summed E-state index contributed by atoms with van der Waals surface area (Å²) in [6, 6.07) is 0. The van der Waals surface area contributed by atoms with Gasteiger partial charge in [0.2, 0.25) is 0 Å². The van der Waals surface area contributed by atoms with Gasteiger partial charge in [-0.1, -0.05) is 26.1 Å². The molecule has 0 aliphatic heterocycles. The summed E-state index contributed by atoms with van der Waals surface area (Å²) in [6.45, 7) is 10.9. The lowest BCUT2D eigenvalue weighted by Crippen LogP contribution is -2.09. The first-order valence-corrected chi connectivity index (χ1v) is 6.10. The summed E-state index contributed by atoms with van der Waals surface area (Å²) >= 11 is 5.32. The van der Waals surface area contributed by atoms with E-state index in [1.54, 1.807) is 0 Å². The van der Waals surface area contributed by atoms with Gasteiger partial charge in [-0.15, -0.1) is 0 Å². The van der Waals surface area contributed by atoms with E-state index in [0.29, 0.717) is 17.2 Å². The molecule has 0 bridgehead atoms. The van der Waals surface area contributed by atoms with Gasteiger partial charge in [0, 0.05) is 17.9 Å². The van der Waals surface area contributed by atoms with E-state index in [4.69, 9.17) is 17.0 Å². The number of rotatable bonds is 4. The highest BCUT2D eigenvalue weighted by molar-refractivity contribution is 7.71. The van der Waals surface area contributed by atoms with E-state index < -0.39 is 0 Å². The van der Waals surface area contributed by atoms with Crippen LogP contribution < -0.4 is 0 Å². The second kappa shape index (κ2) is 5.55. The number of nitrogens with one attached hydrogen (secondary N) is 1. The van der Waals surface area contributed by atoms with Crippen LogP contribution in [0.4, 0.5) is 0 Å². The van der Waals surface area contributed by atoms with Gasteiger partial charge >= 0.3 is 0 Å². The van der Waals surface area contributed by atoms with Crippen molar-refractivity contribution in [3.63, 3.8) is 0 Å². The molecular formula is C12H20N2OS. The predicted molar refractivity (Wildman–Crippen MR) is 68.3 cm³/mol. The number of aromatic nitrogens is 2. The zero-order valence-corrected chi connectivity index (χ0v) is 11.4. The van der Waals surface area contributed by atoms with E-state index in [9.17, 15) is 0 Å². The molecule has 0 aliphatic rings. The highest BCUT2D eigenvalue weighted by Crippen LogP contribution is 2.21. The lowest BCUT2D eigenvalue weighted by molar-refractivity contribution is 0.0698. The fraction of sp³-hybridized carbons (Fsp3) is 0.667. The topological polar surface area (TPSA) is 37.9 Å². The molecule has 0 fully saturated rings. The van der Waals surface area contributed by atoms with Gasteiger partial charge in [0.15, 0.2) is 0 Å². The second-order valence-corrected chi connectivity index (χ2v) is 4.60. The molecular weight excluding hydrogens is 220 g/mol. The Labute approximate surface area is 102 Å². The zero-order chi connectivity index (χ0) is 12.3. The van der Waals surface area contributed by atoms with Gasteiger partial charge in [0.25, 0.3) is 0 Å². The van der Waals surface area contributed by atoms with Gasteiger partial charge in [-0.3, -0.25) is 0 Å². The van der Waals surface area contributed by atoms with Crippen molar-refractivity contribution >= 4 is 12.2 Å². The highest BCUT2D eigenvalue weighted by Gasteiger charge is 2.12. The Balaban J connectivity index is 3.15. The average Bonchev–Trinajstić information content (AvgIpc) is 2.16. The first kappa shape index (κ1) is 13.3. The lowest BCUT2D eigenvalue weighted by Gasteiger charge is -2.15. The summed E-state index contributed by atoms with van der Waals surface area (Å²) in [5, 5.41) is 0. The molecule has 1 heterocycles. The summed E-state index contributed by atoms with van der Waals surface area (Å²) in [6.07, 6.45) is -0.0355. The number of H-pyrrole nitrogens is 1. The standard InChI is InChI=1S/C12H20N2OS/c1-6-15-9(5)11-13-8(4)10(7(2)3)12(16)14-11/h7,9H,6H2,1-5H3,(H,13,14,16). The molecule has 0 saturated heterocycles. The predicted octanol–water partition coefficient (Wildman–Crippen LogP) is 3.67. The number of aromatic amines is 1. The van der Waals surface area contributed by atoms with Crippen LogP contribution in [0.5, 0.6) is 0 Å². The third kappa shape index (κ3) is 2.89. The first-order chi connectivity index (χ1) is 7.47. The summed E-state index contributed by atoms with van der Waals surface area (Å²) in [4.78, 5) is 7.69. The summed E-state index contributed by atoms with van der Waals surface area (Å²) in [7, 11) is 0. The van der Waals surface area contributed by atoms with Crippen LogP contribution >= 0.6 is 12.2 Å². The molecule has 3 nitrogen and oxygen atoms in total. The molecule has 0 radical (unpaired) electrons. The highest BCUT2D eigenvalue weighted by atomic mass is 32.1. The Kier molecular flexibility index (Phi) is 4.62. The van der Waals surface area contributed by atoms with E-state index in [0.717, 1.165) is 17.1 Å². The molecule has 4 heteroatoms. The smallest absolute Gasteiger partial charge is 0.136 e. The molecule has 0 aliphatic carbocycles. The third-order valence-corrected chi connectivity index (χ3v) is 2.86. The molecule has 1 unspecified atom stereocenters. The van der Waals surface area contributed by atoms with Crippen LogP contribution in [0.2, 0.25) is 0 Å². The lowest BCUT2D eigenvalue weighted by atomic mass is 10.0. The summed E-state index contributed by atoms with van der Waals surface area (Å²) in [5.74, 6) is 1.21. The van der Waals surface area contributed by atoms with E-state index in [1.807, 2.05) is 20.8 Å². The van der Waals surface area contributed by atoms with Gasteiger partial charge < -0.3 is 9.72 Å². The van der Waals surface area contributed by atoms with Crippen LogP contribution in [-0.2, 0) is 4.74 Å². The van der Waals surface area contributed by atoms with Gasteiger partial charge in [0.1, 0.15) is 16.6 Å². The minimum absolute atomic E-state index is 0.0355. The molecule has 1 atom stereocenters. The van der Waals surface area contributed by atoms with Gasteiger partial charge in [-0.25, -0.2) is 4.98 Å². The molecule has 0 spiro atoms. The average molecular weight is 240 g/mol. The van der Waals surface area contributed by atoms with Crippen molar-refractivity contribution in [2.75, 3.05) is 6.61 Å². The van der Waals surface area contributed by atoms with Crippen molar-refractivity contribution < 1.29 is 4.74 Å². The zero-order valence-electron chi connectivity index (χ0n) is 10.6. The number of aryl methyl sites for hydroxylation is 1. The molecule has 0 saturated carbocycles. The molecule has 16 heavy (non-hydrogen) atoms. The Morgan fingerprint density at radius 2 is 2.00 bits per heavy atom. The number of hydrogen-bond donors (Lipinski definition) is 1. The SMILES string of the molecule is CCOC(C)c1nc(=S)c(C(C)C)c(C)[nH]1. The minimum atomic E-state index is -0.0355. The van der Waals surface area contributed by atoms with Gasteiger partial charge in [-0.2, -0.15) is 0 Å². The number of ether oxygens (including phenoxy) is 1. The Morgan fingerprint density at radius 3 is 2.44 bits per heavy atom. The van der Waals surface area contributed by atoms with Crippen molar-refractivity contribution in [3.05, 3.63) is 21.7 Å². The second-order valence-electron chi connectivity index (χ2n) is 4.22. The summed E-state index contributed by atoms with van der Waals surface area (Å²) in [5.41, 5.74) is 2.22. The normalized spacial score (nSPS) is 13.1. The van der Waals surface area contributed by atoms with E-state index in [1.165, 1.54) is 0 Å². The van der Waals surface area contributed by atoms with E-state index in [-0.39, 0.29) is 6.10 Å². The monoisotopic (exact) mass is 240 g/mol. The van der Waals surface area contributed by atoms with Crippen LogP contribution in [0.1, 0.15) is 56.8 Å². The van der Waals surface area contributed by atoms with Crippen LogP contribution in [0.25, 0.3) is 0 Å². The van der Waals surface area contributed by atoms with E-state index in [2.05, 4.69) is 23.8 Å². The third-order valence-electron chi connectivity index (χ3n) is 2.55. The van der Waals surface area contributed by atoms with Crippen LogP contribution in [0, 0.1) is 11.6 Å². The van der Waals surface area contributed by atoms with E-state index >= 15 is 0 Å². The van der Waals surface area contributed by atoms with Crippen molar-refractivity contribution in [1.82, 2.24) is 9.97 Å². The molecule has 1 aromatic heterocycles. The maximum atomic E-state index is 5.50. The fourth-order valence-electron chi connectivity index (χ4n) is 1.82. The molecule has 1 N–H and O–H groups in total. The minimum Gasteiger partial charge on any atom is -0.371 e. The van der Waals surface area contributed by atoms with Crippen LogP contribution in [-0.4, -0.2) is 16.6 Å². The molecule has 1 rings (SSSR count). The number of hydrogen-bond acceptors (Lipinski definition) is 3. The Bertz CT molecular complexity index is 412. The van der Waals surface area contributed by atoms with Crippen molar-refractivity contribution in [2.45, 2.75) is 46.6 Å². The maximum Gasteiger partial charge on any atom is 0.136 e. The Hall–Kier alpha value is -0.740. The van der Waals surface area contributed by atoms with Gasteiger partial charge in [0.05, 0.1) is 0 Å². The number of nitrogens with zero attached hydrogens (tertiary/aromatic N) is 1. The van der Waals surface area contributed by atoms with Crippen LogP contribution in [0.15, 0.2) is 0 Å². The van der Waals surface area contributed by atoms with Crippen molar-refractivity contribution in [1.29, 1.82) is 0 Å². The first-order valence-electron chi connectivity index (χ1n) is 5.69.